The zero-order chi connectivity index (χ0) is 11.5. The number of anilines is 1. The Morgan fingerprint density at radius 2 is 2.12 bits per heavy atom. The van der Waals surface area contributed by atoms with Crippen molar-refractivity contribution in [1.29, 1.82) is 0 Å². The fourth-order valence-corrected chi connectivity index (χ4v) is 1.79. The summed E-state index contributed by atoms with van der Waals surface area (Å²) in [4.78, 5) is 0. The zero-order valence-electron chi connectivity index (χ0n) is 8.21. The Hall–Kier alpha value is -1.32. The Morgan fingerprint density at radius 1 is 1.31 bits per heavy atom. The number of phenols is 1. The number of hydrogen-bond acceptors (Lipinski definition) is 3. The number of halogens is 2. The molecule has 3 nitrogen and oxygen atoms in total. The van der Waals surface area contributed by atoms with Crippen LogP contribution in [0.2, 0.25) is 10.0 Å². The molecule has 0 spiro atoms. The van der Waals surface area contributed by atoms with Gasteiger partial charge in [0.25, 0.3) is 0 Å². The Morgan fingerprint density at radius 3 is 2.81 bits per heavy atom. The molecule has 0 bridgehead atoms. The number of hydrogen-bond donors (Lipinski definition) is 2. The van der Waals surface area contributed by atoms with Crippen LogP contribution in [0, 0.1) is 0 Å². The van der Waals surface area contributed by atoms with E-state index in [4.69, 9.17) is 27.6 Å². The molecular formula is C11H9Cl2NO2. The summed E-state index contributed by atoms with van der Waals surface area (Å²) in [6.07, 6.45) is 1.59. The van der Waals surface area contributed by atoms with Gasteiger partial charge in [0.05, 0.1) is 23.5 Å². The third-order valence-electron chi connectivity index (χ3n) is 2.06. The van der Waals surface area contributed by atoms with Gasteiger partial charge in [-0.3, -0.25) is 0 Å². The van der Waals surface area contributed by atoms with E-state index in [1.165, 1.54) is 6.07 Å². The van der Waals surface area contributed by atoms with Crippen molar-refractivity contribution in [2.24, 2.45) is 0 Å². The van der Waals surface area contributed by atoms with E-state index in [-0.39, 0.29) is 10.8 Å². The van der Waals surface area contributed by atoms with E-state index >= 15 is 0 Å². The summed E-state index contributed by atoms with van der Waals surface area (Å²) >= 11 is 11.6. The van der Waals surface area contributed by atoms with Crippen LogP contribution in [0.1, 0.15) is 5.76 Å². The fourth-order valence-electron chi connectivity index (χ4n) is 1.30. The highest BCUT2D eigenvalue weighted by molar-refractivity contribution is 6.36. The van der Waals surface area contributed by atoms with Crippen LogP contribution in [0.25, 0.3) is 0 Å². The first kappa shape index (κ1) is 11.2. The van der Waals surface area contributed by atoms with Gasteiger partial charge in [-0.15, -0.1) is 0 Å². The number of aromatic hydroxyl groups is 1. The molecule has 0 unspecified atom stereocenters. The predicted molar refractivity (Wildman–Crippen MR) is 64.2 cm³/mol. The molecule has 16 heavy (non-hydrogen) atoms. The van der Waals surface area contributed by atoms with E-state index in [2.05, 4.69) is 5.32 Å². The third kappa shape index (κ3) is 2.43. The Kier molecular flexibility index (Phi) is 3.27. The molecule has 0 aliphatic carbocycles. The highest BCUT2D eigenvalue weighted by Gasteiger charge is 2.07. The van der Waals surface area contributed by atoms with Gasteiger partial charge in [0, 0.05) is 5.02 Å². The van der Waals surface area contributed by atoms with Gasteiger partial charge < -0.3 is 14.8 Å². The molecule has 0 aliphatic rings. The molecule has 0 fully saturated rings. The smallest absolute Gasteiger partial charge is 0.157 e. The lowest BCUT2D eigenvalue weighted by Crippen LogP contribution is -1.98. The molecule has 1 heterocycles. The molecule has 0 atom stereocenters. The van der Waals surface area contributed by atoms with Crippen LogP contribution in [0.15, 0.2) is 34.9 Å². The van der Waals surface area contributed by atoms with Gasteiger partial charge in [-0.1, -0.05) is 23.2 Å². The summed E-state index contributed by atoms with van der Waals surface area (Å²) in [6, 6.07) is 6.71. The maximum Gasteiger partial charge on any atom is 0.157 e. The summed E-state index contributed by atoms with van der Waals surface area (Å²) in [5, 5.41) is 13.3. The highest BCUT2D eigenvalue weighted by Crippen LogP contribution is 2.35. The summed E-state index contributed by atoms with van der Waals surface area (Å²) in [5.41, 5.74) is 0.480. The van der Waals surface area contributed by atoms with E-state index < -0.39 is 0 Å². The van der Waals surface area contributed by atoms with Crippen molar-refractivity contribution in [2.75, 3.05) is 5.32 Å². The van der Waals surface area contributed by atoms with E-state index in [0.29, 0.717) is 17.3 Å². The van der Waals surface area contributed by atoms with Crippen LogP contribution >= 0.6 is 23.2 Å². The van der Waals surface area contributed by atoms with Crippen molar-refractivity contribution in [3.05, 3.63) is 46.3 Å². The first-order valence-corrected chi connectivity index (χ1v) is 5.36. The minimum absolute atomic E-state index is 0.0161. The number of benzene rings is 1. The molecule has 0 amide bonds. The second kappa shape index (κ2) is 4.68. The topological polar surface area (TPSA) is 45.4 Å². The molecule has 2 aromatic rings. The molecule has 1 aromatic heterocycles. The molecule has 0 saturated heterocycles. The monoisotopic (exact) mass is 257 g/mol. The molecule has 84 valence electrons. The van der Waals surface area contributed by atoms with E-state index in [1.807, 2.05) is 6.07 Å². The van der Waals surface area contributed by atoms with Crippen molar-refractivity contribution in [1.82, 2.24) is 0 Å². The first-order valence-electron chi connectivity index (χ1n) is 4.61. The number of rotatable bonds is 3. The van der Waals surface area contributed by atoms with Crippen molar-refractivity contribution in [3.63, 3.8) is 0 Å². The van der Waals surface area contributed by atoms with Crippen molar-refractivity contribution in [3.8, 4) is 5.75 Å². The zero-order valence-corrected chi connectivity index (χ0v) is 9.72. The molecule has 5 heteroatoms. The molecule has 0 saturated carbocycles. The average Bonchev–Trinajstić information content (AvgIpc) is 2.74. The van der Waals surface area contributed by atoms with Gasteiger partial charge in [0.1, 0.15) is 5.76 Å². The molecule has 2 rings (SSSR count). The molecule has 1 aromatic carbocycles. The maximum absolute atomic E-state index is 9.67. The summed E-state index contributed by atoms with van der Waals surface area (Å²) in [7, 11) is 0. The lowest BCUT2D eigenvalue weighted by molar-refractivity contribution is 0.476. The quantitative estimate of drug-likeness (QED) is 0.820. The lowest BCUT2D eigenvalue weighted by atomic mass is 10.3. The van der Waals surface area contributed by atoms with Crippen LogP contribution in [-0.2, 0) is 6.54 Å². The largest absolute Gasteiger partial charge is 0.504 e. The number of furan rings is 1. The van der Waals surface area contributed by atoms with Crippen LogP contribution in [0.4, 0.5) is 5.69 Å². The van der Waals surface area contributed by atoms with Crippen molar-refractivity contribution < 1.29 is 9.52 Å². The summed E-state index contributed by atoms with van der Waals surface area (Å²) in [5.74, 6) is 0.744. The predicted octanol–water partition coefficient (Wildman–Crippen LogP) is 3.90. The van der Waals surface area contributed by atoms with Gasteiger partial charge in [-0.25, -0.2) is 0 Å². The molecule has 2 N–H and O–H groups in total. The normalized spacial score (nSPS) is 10.4. The van der Waals surface area contributed by atoms with E-state index in [0.717, 1.165) is 5.76 Å². The fraction of sp³-hybridized carbons (Fsp3) is 0.0909. The van der Waals surface area contributed by atoms with Gasteiger partial charge in [-0.05, 0) is 24.3 Å². The number of phenolic OH excluding ortho intramolecular Hbond substituents is 1. The molecule has 0 aliphatic heterocycles. The summed E-state index contributed by atoms with van der Waals surface area (Å²) < 4.78 is 5.15. The summed E-state index contributed by atoms with van der Waals surface area (Å²) in [6.45, 7) is 0.456. The van der Waals surface area contributed by atoms with Gasteiger partial charge >= 0.3 is 0 Å². The maximum atomic E-state index is 9.67. The second-order valence-corrected chi connectivity index (χ2v) is 4.06. The Bertz CT molecular complexity index is 483. The lowest BCUT2D eigenvalue weighted by Gasteiger charge is -2.08. The first-order chi connectivity index (χ1) is 7.66. The van der Waals surface area contributed by atoms with Crippen LogP contribution < -0.4 is 5.32 Å². The minimum Gasteiger partial charge on any atom is -0.504 e. The van der Waals surface area contributed by atoms with Gasteiger partial charge in [-0.2, -0.15) is 0 Å². The van der Waals surface area contributed by atoms with E-state index in [9.17, 15) is 5.11 Å². The van der Waals surface area contributed by atoms with Crippen LogP contribution in [0.5, 0.6) is 5.75 Å². The minimum atomic E-state index is -0.0161. The van der Waals surface area contributed by atoms with Crippen molar-refractivity contribution in [2.45, 2.75) is 6.54 Å². The SMILES string of the molecule is Oc1c(Cl)cc(Cl)cc1NCc1ccco1. The highest BCUT2D eigenvalue weighted by atomic mass is 35.5. The molecular weight excluding hydrogens is 249 g/mol. The standard InChI is InChI=1S/C11H9Cl2NO2/c12-7-4-9(13)11(15)10(5-7)14-6-8-2-1-3-16-8/h1-5,14-15H,6H2. The number of nitrogens with one attached hydrogen (secondary N) is 1. The third-order valence-corrected chi connectivity index (χ3v) is 2.57. The Balaban J connectivity index is 2.15. The van der Waals surface area contributed by atoms with Crippen LogP contribution in [-0.4, -0.2) is 5.11 Å². The van der Waals surface area contributed by atoms with Gasteiger partial charge in [0.2, 0.25) is 0 Å². The molecule has 0 radical (unpaired) electrons. The second-order valence-electron chi connectivity index (χ2n) is 3.22. The van der Waals surface area contributed by atoms with Crippen molar-refractivity contribution >= 4 is 28.9 Å². The van der Waals surface area contributed by atoms with Crippen LogP contribution in [0.3, 0.4) is 0 Å². The van der Waals surface area contributed by atoms with Gasteiger partial charge in [0.15, 0.2) is 5.75 Å². The van der Waals surface area contributed by atoms with E-state index in [1.54, 1.807) is 18.4 Å². The average molecular weight is 258 g/mol. The Labute approximate surface area is 103 Å².